The summed E-state index contributed by atoms with van der Waals surface area (Å²) in [6, 6.07) is 4.93. The minimum absolute atomic E-state index is 0.0459. The topological polar surface area (TPSA) is 46.5 Å². The minimum Gasteiger partial charge on any atom is -0.465 e. The lowest BCUT2D eigenvalue weighted by Gasteiger charge is -2.14. The van der Waals surface area contributed by atoms with Crippen LogP contribution in [0, 0.1) is 23.3 Å². The van der Waals surface area contributed by atoms with Crippen molar-refractivity contribution < 1.29 is 32.2 Å². The van der Waals surface area contributed by atoms with Crippen molar-refractivity contribution in [3.05, 3.63) is 70.3 Å². The molecule has 0 spiro atoms. The van der Waals surface area contributed by atoms with Crippen molar-refractivity contribution in [1.82, 2.24) is 0 Å². The Labute approximate surface area is 122 Å². The number of hydrogen-bond acceptors (Lipinski definition) is 3. The molecule has 22 heavy (non-hydrogen) atoms. The molecule has 0 saturated carbocycles. The molecule has 0 fully saturated rings. The maximum absolute atomic E-state index is 13.6. The Morgan fingerprint density at radius 3 is 2.00 bits per heavy atom. The number of aliphatic hydroxyl groups excluding tert-OH is 1. The fraction of sp³-hybridized carbons (Fsp3) is 0.133. The Hall–Kier alpha value is -2.41. The summed E-state index contributed by atoms with van der Waals surface area (Å²) in [5.41, 5.74) is -1.04. The van der Waals surface area contributed by atoms with Crippen LogP contribution < -0.4 is 0 Å². The van der Waals surface area contributed by atoms with E-state index in [9.17, 15) is 27.5 Å². The van der Waals surface area contributed by atoms with Gasteiger partial charge in [-0.25, -0.2) is 22.4 Å². The molecule has 1 unspecified atom stereocenters. The summed E-state index contributed by atoms with van der Waals surface area (Å²) in [6.07, 6.45) is -1.93. The molecule has 1 N–H and O–H groups in total. The lowest BCUT2D eigenvalue weighted by Crippen LogP contribution is -2.10. The van der Waals surface area contributed by atoms with E-state index < -0.39 is 40.9 Å². The van der Waals surface area contributed by atoms with Crippen LogP contribution in [0.1, 0.15) is 27.6 Å². The van der Waals surface area contributed by atoms with Crippen LogP contribution in [0.25, 0.3) is 0 Å². The highest BCUT2D eigenvalue weighted by atomic mass is 19.2. The van der Waals surface area contributed by atoms with Crippen molar-refractivity contribution in [2.75, 3.05) is 7.11 Å². The van der Waals surface area contributed by atoms with Crippen LogP contribution in [0.15, 0.2) is 30.3 Å². The van der Waals surface area contributed by atoms with Crippen molar-refractivity contribution >= 4 is 5.97 Å². The molecule has 0 aromatic heterocycles. The van der Waals surface area contributed by atoms with Gasteiger partial charge in [0.15, 0.2) is 23.3 Å². The maximum atomic E-state index is 13.6. The van der Waals surface area contributed by atoms with E-state index in [-0.39, 0.29) is 17.2 Å². The van der Waals surface area contributed by atoms with Gasteiger partial charge in [-0.1, -0.05) is 12.1 Å². The number of hydrogen-bond donors (Lipinski definition) is 1. The largest absolute Gasteiger partial charge is 0.465 e. The molecule has 116 valence electrons. The van der Waals surface area contributed by atoms with Crippen molar-refractivity contribution in [3.8, 4) is 0 Å². The van der Waals surface area contributed by atoms with E-state index in [0.717, 1.165) is 0 Å². The standard InChI is InChI=1S/C15H10F4O3/c1-22-15(21)8-4-2-7(3-5-8)14(20)11-12(18)9(16)6-10(17)13(11)19/h2-6,14,20H,1H3. The molecule has 1 atom stereocenters. The van der Waals surface area contributed by atoms with Crippen LogP contribution in [0.3, 0.4) is 0 Å². The third-order valence-electron chi connectivity index (χ3n) is 3.07. The molecule has 0 aliphatic heterocycles. The zero-order valence-corrected chi connectivity index (χ0v) is 11.2. The highest BCUT2D eigenvalue weighted by molar-refractivity contribution is 5.89. The van der Waals surface area contributed by atoms with Gasteiger partial charge in [-0.15, -0.1) is 0 Å². The van der Waals surface area contributed by atoms with Crippen molar-refractivity contribution in [2.45, 2.75) is 6.10 Å². The second-order valence-electron chi connectivity index (χ2n) is 4.40. The van der Waals surface area contributed by atoms with E-state index in [4.69, 9.17) is 0 Å². The van der Waals surface area contributed by atoms with Gasteiger partial charge in [-0.05, 0) is 17.7 Å². The summed E-state index contributed by atoms with van der Waals surface area (Å²) >= 11 is 0. The Kier molecular flexibility index (Phi) is 4.46. The lowest BCUT2D eigenvalue weighted by atomic mass is 9.99. The van der Waals surface area contributed by atoms with Gasteiger partial charge in [0.25, 0.3) is 0 Å². The first-order valence-corrected chi connectivity index (χ1v) is 6.06. The third kappa shape index (κ3) is 2.80. The molecule has 0 amide bonds. The number of carbonyl (C=O) groups excluding carboxylic acids is 1. The van der Waals surface area contributed by atoms with Crippen molar-refractivity contribution in [2.24, 2.45) is 0 Å². The van der Waals surface area contributed by atoms with E-state index in [1.165, 1.54) is 31.4 Å². The molecule has 0 bridgehead atoms. The molecule has 0 heterocycles. The van der Waals surface area contributed by atoms with Gasteiger partial charge in [0.2, 0.25) is 0 Å². The van der Waals surface area contributed by atoms with Crippen LogP contribution in [-0.2, 0) is 4.74 Å². The Morgan fingerprint density at radius 1 is 1.05 bits per heavy atom. The van der Waals surface area contributed by atoms with Gasteiger partial charge >= 0.3 is 5.97 Å². The van der Waals surface area contributed by atoms with Crippen LogP contribution in [-0.4, -0.2) is 18.2 Å². The first-order chi connectivity index (χ1) is 10.4. The molecule has 7 heteroatoms. The average Bonchev–Trinajstić information content (AvgIpc) is 2.52. The normalized spacial score (nSPS) is 12.1. The first-order valence-electron chi connectivity index (χ1n) is 6.06. The van der Waals surface area contributed by atoms with Gasteiger partial charge in [0.05, 0.1) is 18.2 Å². The summed E-state index contributed by atoms with van der Waals surface area (Å²) in [5.74, 6) is -7.22. The number of rotatable bonds is 3. The molecular formula is C15H10F4O3. The zero-order chi connectivity index (χ0) is 16.4. The van der Waals surface area contributed by atoms with Gasteiger partial charge in [0.1, 0.15) is 6.10 Å². The number of halogens is 4. The second-order valence-corrected chi connectivity index (χ2v) is 4.40. The van der Waals surface area contributed by atoms with E-state index >= 15 is 0 Å². The number of ether oxygens (including phenoxy) is 1. The summed E-state index contributed by atoms with van der Waals surface area (Å²) in [6.45, 7) is 0. The summed E-state index contributed by atoms with van der Waals surface area (Å²) < 4.78 is 58.0. The zero-order valence-electron chi connectivity index (χ0n) is 11.2. The molecule has 3 nitrogen and oxygen atoms in total. The SMILES string of the molecule is COC(=O)c1ccc(C(O)c2c(F)c(F)cc(F)c2F)cc1. The van der Waals surface area contributed by atoms with E-state index in [1.54, 1.807) is 0 Å². The van der Waals surface area contributed by atoms with Gasteiger partial charge < -0.3 is 9.84 Å². The molecule has 0 aliphatic carbocycles. The van der Waals surface area contributed by atoms with Gasteiger partial charge in [-0.3, -0.25) is 0 Å². The van der Waals surface area contributed by atoms with Gasteiger partial charge in [-0.2, -0.15) is 0 Å². The van der Waals surface area contributed by atoms with Crippen molar-refractivity contribution in [3.63, 3.8) is 0 Å². The van der Waals surface area contributed by atoms with Crippen LogP contribution in [0.2, 0.25) is 0 Å². The highest BCUT2D eigenvalue weighted by Crippen LogP contribution is 2.29. The van der Waals surface area contributed by atoms with Crippen LogP contribution in [0.5, 0.6) is 0 Å². The molecule has 2 aromatic carbocycles. The number of benzene rings is 2. The van der Waals surface area contributed by atoms with E-state index in [0.29, 0.717) is 0 Å². The molecule has 2 aromatic rings. The quantitative estimate of drug-likeness (QED) is 0.538. The maximum Gasteiger partial charge on any atom is 0.337 e. The smallest absolute Gasteiger partial charge is 0.337 e. The van der Waals surface area contributed by atoms with E-state index in [2.05, 4.69) is 4.74 Å². The summed E-state index contributed by atoms with van der Waals surface area (Å²) in [7, 11) is 1.17. The predicted octanol–water partition coefficient (Wildman–Crippen LogP) is 3.11. The Morgan fingerprint density at radius 2 is 1.55 bits per heavy atom. The Balaban J connectivity index is 2.44. The minimum atomic E-state index is -1.93. The monoisotopic (exact) mass is 314 g/mol. The Bertz CT molecular complexity index is 687. The van der Waals surface area contributed by atoms with Gasteiger partial charge in [0, 0.05) is 6.07 Å². The van der Waals surface area contributed by atoms with Crippen molar-refractivity contribution in [1.29, 1.82) is 0 Å². The molecular weight excluding hydrogens is 304 g/mol. The van der Waals surface area contributed by atoms with Crippen LogP contribution >= 0.6 is 0 Å². The first kappa shape index (κ1) is 16.0. The summed E-state index contributed by atoms with van der Waals surface area (Å²) in [5, 5.41) is 9.96. The predicted molar refractivity (Wildman–Crippen MR) is 68.1 cm³/mol. The van der Waals surface area contributed by atoms with Crippen LogP contribution in [0.4, 0.5) is 17.6 Å². The fourth-order valence-corrected chi connectivity index (χ4v) is 1.92. The number of carbonyl (C=O) groups is 1. The molecule has 0 radical (unpaired) electrons. The third-order valence-corrected chi connectivity index (χ3v) is 3.07. The second kappa shape index (κ2) is 6.15. The fourth-order valence-electron chi connectivity index (χ4n) is 1.92. The summed E-state index contributed by atoms with van der Waals surface area (Å²) in [4.78, 5) is 11.3. The molecule has 0 saturated heterocycles. The molecule has 2 rings (SSSR count). The number of methoxy groups -OCH3 is 1. The lowest BCUT2D eigenvalue weighted by molar-refractivity contribution is 0.0600. The number of esters is 1. The number of aliphatic hydroxyl groups is 1. The highest BCUT2D eigenvalue weighted by Gasteiger charge is 2.26. The average molecular weight is 314 g/mol. The molecule has 0 aliphatic rings. The van der Waals surface area contributed by atoms with E-state index in [1.807, 2.05) is 0 Å².